The number of aromatic nitrogens is 5. The molecule has 0 saturated heterocycles. The van der Waals surface area contributed by atoms with Crippen molar-refractivity contribution >= 4 is 11.6 Å². The Hall–Kier alpha value is -1.69. The molecule has 96 valence electrons. The first-order chi connectivity index (χ1) is 8.69. The fourth-order valence-corrected chi connectivity index (χ4v) is 1.66. The minimum absolute atomic E-state index is 0.0455. The molecule has 0 spiro atoms. The normalized spacial score (nSPS) is 12.4. The smallest absolute Gasteiger partial charge is 0.322 e. The van der Waals surface area contributed by atoms with Crippen molar-refractivity contribution in [1.82, 2.24) is 24.5 Å². The maximum atomic E-state index is 5.85. The van der Waals surface area contributed by atoms with E-state index in [4.69, 9.17) is 16.3 Å². The highest BCUT2D eigenvalue weighted by atomic mass is 35.5. The van der Waals surface area contributed by atoms with E-state index in [2.05, 4.69) is 26.9 Å². The van der Waals surface area contributed by atoms with Gasteiger partial charge < -0.3 is 4.74 Å². The Morgan fingerprint density at radius 2 is 2.22 bits per heavy atom. The Bertz CT molecular complexity index is 502. The van der Waals surface area contributed by atoms with E-state index in [1.165, 1.54) is 0 Å². The number of ether oxygens (including phenoxy) is 1. The maximum absolute atomic E-state index is 5.85. The summed E-state index contributed by atoms with van der Waals surface area (Å²) in [6.45, 7) is 4.06. The monoisotopic (exact) mass is 267 g/mol. The lowest BCUT2D eigenvalue weighted by Gasteiger charge is -2.12. The lowest BCUT2D eigenvalue weighted by atomic mass is 10.2. The zero-order valence-electron chi connectivity index (χ0n) is 10.2. The summed E-state index contributed by atoms with van der Waals surface area (Å²) in [5.41, 5.74) is 0. The summed E-state index contributed by atoms with van der Waals surface area (Å²) in [6.07, 6.45) is 6.97. The largest absolute Gasteiger partial charge is 0.460 e. The molecule has 2 aromatic rings. The van der Waals surface area contributed by atoms with Gasteiger partial charge >= 0.3 is 6.01 Å². The van der Waals surface area contributed by atoms with Crippen molar-refractivity contribution in [1.29, 1.82) is 0 Å². The number of hydrogen-bond acceptors (Lipinski definition) is 5. The summed E-state index contributed by atoms with van der Waals surface area (Å²) >= 11 is 5.85. The molecule has 0 aliphatic carbocycles. The van der Waals surface area contributed by atoms with E-state index in [-0.39, 0.29) is 17.4 Å². The van der Waals surface area contributed by atoms with Gasteiger partial charge in [0, 0.05) is 12.4 Å². The van der Waals surface area contributed by atoms with Gasteiger partial charge in [0.2, 0.25) is 11.2 Å². The average molecular weight is 268 g/mol. The van der Waals surface area contributed by atoms with Crippen LogP contribution in [0.15, 0.2) is 18.7 Å². The summed E-state index contributed by atoms with van der Waals surface area (Å²) in [5, 5.41) is 0.104. The van der Waals surface area contributed by atoms with Crippen LogP contribution in [0.1, 0.15) is 26.7 Å². The van der Waals surface area contributed by atoms with E-state index in [9.17, 15) is 0 Å². The molecule has 0 fully saturated rings. The Balaban J connectivity index is 2.22. The van der Waals surface area contributed by atoms with Gasteiger partial charge in [0.25, 0.3) is 0 Å². The van der Waals surface area contributed by atoms with Gasteiger partial charge in [-0.1, -0.05) is 13.3 Å². The van der Waals surface area contributed by atoms with Gasteiger partial charge in [-0.05, 0) is 24.9 Å². The van der Waals surface area contributed by atoms with Crippen LogP contribution in [0, 0.1) is 0 Å². The molecule has 1 atom stereocenters. The molecule has 6 nitrogen and oxygen atoms in total. The molecule has 2 aromatic heterocycles. The van der Waals surface area contributed by atoms with E-state index < -0.39 is 0 Å². The first-order valence-corrected chi connectivity index (χ1v) is 6.13. The summed E-state index contributed by atoms with van der Waals surface area (Å²) in [4.78, 5) is 16.1. The molecule has 0 N–H and O–H groups in total. The molecule has 18 heavy (non-hydrogen) atoms. The van der Waals surface area contributed by atoms with Crippen LogP contribution in [-0.4, -0.2) is 30.6 Å². The van der Waals surface area contributed by atoms with Crippen molar-refractivity contribution in [3.8, 4) is 12.0 Å². The summed E-state index contributed by atoms with van der Waals surface area (Å²) in [7, 11) is 0. The van der Waals surface area contributed by atoms with Crippen molar-refractivity contribution in [3.05, 3.63) is 24.0 Å². The van der Waals surface area contributed by atoms with E-state index in [0.717, 1.165) is 12.8 Å². The molecule has 0 saturated carbocycles. The second kappa shape index (κ2) is 5.77. The highest BCUT2D eigenvalue weighted by Gasteiger charge is 2.10. The van der Waals surface area contributed by atoms with E-state index in [1.54, 1.807) is 23.3 Å². The van der Waals surface area contributed by atoms with E-state index in [1.807, 2.05) is 6.92 Å². The van der Waals surface area contributed by atoms with Gasteiger partial charge in [-0.15, -0.1) is 0 Å². The van der Waals surface area contributed by atoms with Gasteiger partial charge in [-0.3, -0.25) is 4.57 Å². The predicted molar refractivity (Wildman–Crippen MR) is 67.0 cm³/mol. The van der Waals surface area contributed by atoms with Crippen LogP contribution in [0.25, 0.3) is 5.95 Å². The van der Waals surface area contributed by atoms with Crippen molar-refractivity contribution in [2.45, 2.75) is 32.8 Å². The number of hydrogen-bond donors (Lipinski definition) is 0. The number of imidazole rings is 1. The number of halogens is 1. The third-order valence-electron chi connectivity index (χ3n) is 2.31. The van der Waals surface area contributed by atoms with Gasteiger partial charge in [0.1, 0.15) is 6.33 Å². The van der Waals surface area contributed by atoms with Crippen molar-refractivity contribution < 1.29 is 4.74 Å². The fourth-order valence-electron chi connectivity index (χ4n) is 1.51. The Morgan fingerprint density at radius 3 is 2.89 bits per heavy atom. The van der Waals surface area contributed by atoms with Crippen molar-refractivity contribution in [2.75, 3.05) is 0 Å². The van der Waals surface area contributed by atoms with Gasteiger partial charge in [-0.2, -0.15) is 15.0 Å². The zero-order valence-corrected chi connectivity index (χ0v) is 11.0. The number of rotatable bonds is 5. The van der Waals surface area contributed by atoms with Crippen LogP contribution in [0.4, 0.5) is 0 Å². The first-order valence-electron chi connectivity index (χ1n) is 5.75. The van der Waals surface area contributed by atoms with Crippen LogP contribution in [0.2, 0.25) is 5.28 Å². The highest BCUT2D eigenvalue weighted by molar-refractivity contribution is 6.28. The quantitative estimate of drug-likeness (QED) is 0.831. The molecule has 7 heteroatoms. The Labute approximate surface area is 110 Å². The zero-order chi connectivity index (χ0) is 13.0. The van der Waals surface area contributed by atoms with E-state index >= 15 is 0 Å². The Morgan fingerprint density at radius 1 is 1.39 bits per heavy atom. The van der Waals surface area contributed by atoms with Crippen LogP contribution in [0.3, 0.4) is 0 Å². The van der Waals surface area contributed by atoms with Crippen LogP contribution in [-0.2, 0) is 0 Å². The van der Waals surface area contributed by atoms with Crippen LogP contribution < -0.4 is 4.74 Å². The van der Waals surface area contributed by atoms with Gasteiger partial charge in [-0.25, -0.2) is 4.98 Å². The molecule has 0 aliphatic heterocycles. The van der Waals surface area contributed by atoms with Crippen molar-refractivity contribution in [2.24, 2.45) is 0 Å². The van der Waals surface area contributed by atoms with Crippen LogP contribution >= 0.6 is 11.6 Å². The standard InChI is InChI=1S/C11H14ClN5O/c1-3-4-8(2)18-11-15-9(12)14-10(16-11)17-6-5-13-7-17/h5-8H,3-4H2,1-2H3. The third-order valence-corrected chi connectivity index (χ3v) is 2.48. The molecule has 2 rings (SSSR count). The predicted octanol–water partition coefficient (Wildman–Crippen LogP) is 2.28. The summed E-state index contributed by atoms with van der Waals surface area (Å²) in [5.74, 6) is 0.395. The number of nitrogens with zero attached hydrogens (tertiary/aromatic N) is 5. The first kappa shape index (κ1) is 12.8. The third kappa shape index (κ3) is 3.16. The topological polar surface area (TPSA) is 65.7 Å². The molecule has 0 aromatic carbocycles. The Kier molecular flexibility index (Phi) is 4.09. The van der Waals surface area contributed by atoms with Gasteiger partial charge in [0.05, 0.1) is 6.10 Å². The fraction of sp³-hybridized carbons (Fsp3) is 0.455. The molecule has 0 amide bonds. The highest BCUT2D eigenvalue weighted by Crippen LogP contribution is 2.13. The molecule has 0 radical (unpaired) electrons. The van der Waals surface area contributed by atoms with Gasteiger partial charge in [0.15, 0.2) is 0 Å². The van der Waals surface area contributed by atoms with Crippen LogP contribution in [0.5, 0.6) is 6.01 Å². The average Bonchev–Trinajstić information content (AvgIpc) is 2.81. The molecular formula is C11H14ClN5O. The molecule has 0 aliphatic rings. The molecule has 2 heterocycles. The maximum Gasteiger partial charge on any atom is 0.322 e. The minimum Gasteiger partial charge on any atom is -0.460 e. The second-order valence-electron chi connectivity index (χ2n) is 3.87. The van der Waals surface area contributed by atoms with Crippen molar-refractivity contribution in [3.63, 3.8) is 0 Å². The lowest BCUT2D eigenvalue weighted by Crippen LogP contribution is -2.14. The lowest BCUT2D eigenvalue weighted by molar-refractivity contribution is 0.191. The summed E-state index contributed by atoms with van der Waals surface area (Å²) < 4.78 is 7.24. The molecular weight excluding hydrogens is 254 g/mol. The minimum atomic E-state index is 0.0455. The summed E-state index contributed by atoms with van der Waals surface area (Å²) in [6, 6.07) is 0.236. The SMILES string of the molecule is CCCC(C)Oc1nc(Cl)nc(-n2ccnc2)n1. The molecule has 0 bridgehead atoms. The second-order valence-corrected chi connectivity index (χ2v) is 4.21. The molecule has 1 unspecified atom stereocenters. The van der Waals surface area contributed by atoms with E-state index in [0.29, 0.717) is 5.95 Å².